The summed E-state index contributed by atoms with van der Waals surface area (Å²) in [6.07, 6.45) is -1.28. The fraction of sp³-hybridized carbons (Fsp3) is 0.400. The van der Waals surface area contributed by atoms with Crippen molar-refractivity contribution in [3.05, 3.63) is 69.2 Å². The summed E-state index contributed by atoms with van der Waals surface area (Å²) in [5.41, 5.74) is 1.57. The van der Waals surface area contributed by atoms with Crippen molar-refractivity contribution in [1.29, 1.82) is 0 Å². The molecule has 194 valence electrons. The van der Waals surface area contributed by atoms with Crippen LogP contribution in [0.3, 0.4) is 0 Å². The zero-order valence-electron chi connectivity index (χ0n) is 19.6. The summed E-state index contributed by atoms with van der Waals surface area (Å²) in [4.78, 5) is 16.1. The molecule has 4 aromatic rings. The van der Waals surface area contributed by atoms with Gasteiger partial charge in [-0.3, -0.25) is 14.0 Å². The van der Waals surface area contributed by atoms with E-state index in [4.69, 9.17) is 20.8 Å². The Morgan fingerprint density at radius 3 is 2.46 bits per heavy atom. The number of nitrogens with zero attached hydrogens (tertiary/aromatic N) is 5. The van der Waals surface area contributed by atoms with Crippen molar-refractivity contribution in [2.75, 3.05) is 26.3 Å². The molecule has 12 heteroatoms. The van der Waals surface area contributed by atoms with Crippen LogP contribution in [0.2, 0.25) is 5.02 Å². The summed E-state index contributed by atoms with van der Waals surface area (Å²) >= 11 is 6.29. The molecule has 0 bridgehead atoms. The molecule has 0 spiro atoms. The predicted octanol–water partition coefficient (Wildman–Crippen LogP) is 4.67. The van der Waals surface area contributed by atoms with Crippen LogP contribution in [0, 0.1) is 5.82 Å². The first kappa shape index (κ1) is 24.2. The summed E-state index contributed by atoms with van der Waals surface area (Å²) < 4.78 is 54.2. The van der Waals surface area contributed by atoms with Crippen LogP contribution in [-0.4, -0.2) is 56.6 Å². The van der Waals surface area contributed by atoms with Gasteiger partial charge >= 0.3 is 12.1 Å². The van der Waals surface area contributed by atoms with Crippen molar-refractivity contribution in [3.8, 4) is 11.5 Å². The molecular weight excluding hydrogens is 511 g/mol. The van der Waals surface area contributed by atoms with E-state index in [0.717, 1.165) is 45.2 Å². The topological polar surface area (TPSA) is 78.3 Å². The Morgan fingerprint density at radius 2 is 1.81 bits per heavy atom. The standard InChI is InChI=1S/C25H23ClF3N5O3/c26-16-3-4-20-21(10-16)34(17-5-7-32(8-6-17)18-12-36-13-18)25(35)33(20)11-15-2-1-14(9-19(15)27)23-30-31-24(37-23)22(28)29/h1-4,9-10,17-18,22H,5-8,11-13H2. The van der Waals surface area contributed by atoms with Gasteiger partial charge in [-0.1, -0.05) is 17.7 Å². The first-order valence-corrected chi connectivity index (χ1v) is 12.4. The summed E-state index contributed by atoms with van der Waals surface area (Å²) in [7, 11) is 0. The molecule has 2 aromatic carbocycles. The Kier molecular flexibility index (Phi) is 6.29. The number of benzene rings is 2. The van der Waals surface area contributed by atoms with Gasteiger partial charge in [0.2, 0.25) is 5.89 Å². The molecule has 2 saturated heterocycles. The second kappa shape index (κ2) is 9.62. The van der Waals surface area contributed by atoms with Crippen LogP contribution in [0.5, 0.6) is 0 Å². The number of imidazole rings is 1. The number of likely N-dealkylation sites (tertiary alicyclic amines) is 1. The van der Waals surface area contributed by atoms with E-state index in [1.165, 1.54) is 16.7 Å². The van der Waals surface area contributed by atoms with Gasteiger partial charge in [0.1, 0.15) is 5.82 Å². The third kappa shape index (κ3) is 4.45. The predicted molar refractivity (Wildman–Crippen MR) is 129 cm³/mol. The van der Waals surface area contributed by atoms with Gasteiger partial charge in [-0.25, -0.2) is 9.18 Å². The molecule has 0 amide bonds. The number of hydrogen-bond acceptors (Lipinski definition) is 6. The highest BCUT2D eigenvalue weighted by Gasteiger charge is 2.32. The largest absolute Gasteiger partial charge is 0.415 e. The van der Waals surface area contributed by atoms with Gasteiger partial charge in [0.05, 0.1) is 36.8 Å². The molecule has 37 heavy (non-hydrogen) atoms. The lowest BCUT2D eigenvalue weighted by Crippen LogP contribution is -2.52. The van der Waals surface area contributed by atoms with Gasteiger partial charge in [0, 0.05) is 35.3 Å². The number of hydrogen-bond donors (Lipinski definition) is 0. The van der Waals surface area contributed by atoms with Crippen LogP contribution in [-0.2, 0) is 11.3 Å². The van der Waals surface area contributed by atoms with E-state index in [0.29, 0.717) is 22.1 Å². The highest BCUT2D eigenvalue weighted by Crippen LogP contribution is 2.30. The number of halogens is 4. The minimum atomic E-state index is -2.91. The van der Waals surface area contributed by atoms with Crippen LogP contribution in [0.4, 0.5) is 13.2 Å². The van der Waals surface area contributed by atoms with E-state index in [9.17, 15) is 13.6 Å². The normalized spacial score (nSPS) is 17.6. The summed E-state index contributed by atoms with van der Waals surface area (Å²) in [5, 5.41) is 7.35. The van der Waals surface area contributed by atoms with Crippen molar-refractivity contribution < 1.29 is 22.3 Å². The molecule has 0 aliphatic carbocycles. The maximum absolute atomic E-state index is 15.1. The zero-order valence-corrected chi connectivity index (χ0v) is 20.4. The molecule has 2 aliphatic rings. The zero-order chi connectivity index (χ0) is 25.7. The van der Waals surface area contributed by atoms with Crippen molar-refractivity contribution in [2.24, 2.45) is 0 Å². The molecule has 8 nitrogen and oxygen atoms in total. The first-order valence-electron chi connectivity index (χ1n) is 12.0. The molecule has 2 aromatic heterocycles. The lowest BCUT2D eigenvalue weighted by Gasteiger charge is -2.41. The van der Waals surface area contributed by atoms with E-state index >= 15 is 4.39 Å². The second-order valence-corrected chi connectivity index (χ2v) is 9.82. The van der Waals surface area contributed by atoms with E-state index in [-0.39, 0.29) is 35.3 Å². The molecule has 2 fully saturated rings. The molecule has 2 aliphatic heterocycles. The molecule has 0 atom stereocenters. The number of aromatic nitrogens is 4. The third-order valence-corrected chi connectivity index (χ3v) is 7.42. The van der Waals surface area contributed by atoms with Gasteiger partial charge in [0.25, 0.3) is 5.89 Å². The summed E-state index contributed by atoms with van der Waals surface area (Å²) in [6.45, 7) is 3.24. The van der Waals surface area contributed by atoms with E-state index in [1.807, 2.05) is 0 Å². The fourth-order valence-electron chi connectivity index (χ4n) is 5.12. The Bertz CT molecular complexity index is 1510. The van der Waals surface area contributed by atoms with E-state index < -0.39 is 18.1 Å². The number of fused-ring (bicyclic) bond motifs is 1. The smallest absolute Gasteiger partial charge is 0.329 e. The Balaban J connectivity index is 1.31. The molecule has 6 rings (SSSR count). The van der Waals surface area contributed by atoms with Crippen LogP contribution in [0.1, 0.15) is 36.8 Å². The highest BCUT2D eigenvalue weighted by atomic mass is 35.5. The average Bonchev–Trinajstić information content (AvgIpc) is 3.44. The average molecular weight is 534 g/mol. The van der Waals surface area contributed by atoms with Gasteiger partial charge in [-0.05, 0) is 43.2 Å². The second-order valence-electron chi connectivity index (χ2n) is 9.38. The van der Waals surface area contributed by atoms with E-state index in [1.54, 1.807) is 22.8 Å². The van der Waals surface area contributed by atoms with Crippen molar-refractivity contribution in [2.45, 2.75) is 37.9 Å². The number of alkyl halides is 2. The third-order valence-electron chi connectivity index (χ3n) is 7.18. The van der Waals surface area contributed by atoms with Gasteiger partial charge in [-0.15, -0.1) is 10.2 Å². The monoisotopic (exact) mass is 533 g/mol. The van der Waals surface area contributed by atoms with E-state index in [2.05, 4.69) is 15.1 Å². The molecular formula is C25H23ClF3N5O3. The minimum Gasteiger partial charge on any atom is -0.415 e. The van der Waals surface area contributed by atoms with Crippen LogP contribution >= 0.6 is 11.6 Å². The van der Waals surface area contributed by atoms with Gasteiger partial charge in [0.15, 0.2) is 0 Å². The van der Waals surface area contributed by atoms with Crippen molar-refractivity contribution in [3.63, 3.8) is 0 Å². The lowest BCUT2D eigenvalue weighted by atomic mass is 10.0. The Hall–Kier alpha value is -3.15. The van der Waals surface area contributed by atoms with Crippen LogP contribution < -0.4 is 5.69 Å². The molecule has 0 radical (unpaired) electrons. The summed E-state index contributed by atoms with van der Waals surface area (Å²) in [5.74, 6) is -1.65. The molecule has 0 unspecified atom stereocenters. The van der Waals surface area contributed by atoms with Gasteiger partial charge < -0.3 is 9.15 Å². The maximum atomic E-state index is 15.1. The molecule has 4 heterocycles. The number of piperidine rings is 1. The highest BCUT2D eigenvalue weighted by molar-refractivity contribution is 6.31. The molecule has 0 saturated carbocycles. The molecule has 0 N–H and O–H groups in total. The SMILES string of the molecule is O=c1n(Cc2ccc(-c3nnc(C(F)F)o3)cc2F)c2ccc(Cl)cc2n1C1CCN(C2COC2)CC1. The Morgan fingerprint density at radius 1 is 1.03 bits per heavy atom. The maximum Gasteiger partial charge on any atom is 0.329 e. The summed E-state index contributed by atoms with van der Waals surface area (Å²) in [6, 6.07) is 9.83. The first-order chi connectivity index (χ1) is 17.9. The van der Waals surface area contributed by atoms with Gasteiger partial charge in [-0.2, -0.15) is 8.78 Å². The van der Waals surface area contributed by atoms with Crippen LogP contribution in [0.15, 0.2) is 45.6 Å². The Labute approximate surface area is 214 Å². The van der Waals surface area contributed by atoms with Crippen molar-refractivity contribution in [1.82, 2.24) is 24.2 Å². The van der Waals surface area contributed by atoms with Crippen LogP contribution in [0.25, 0.3) is 22.5 Å². The lowest BCUT2D eigenvalue weighted by molar-refractivity contribution is -0.0731. The number of ether oxygens (including phenoxy) is 1. The number of rotatable bonds is 6. The van der Waals surface area contributed by atoms with Crippen molar-refractivity contribution >= 4 is 22.6 Å². The minimum absolute atomic E-state index is 0.000687. The quantitative estimate of drug-likeness (QED) is 0.358. The fourth-order valence-corrected chi connectivity index (χ4v) is 5.29.